The molecule has 100 valence electrons. The molecule has 0 radical (unpaired) electrons. The molecule has 1 atom stereocenters. The molecule has 0 amide bonds. The highest BCUT2D eigenvalue weighted by Crippen LogP contribution is 2.26. The summed E-state index contributed by atoms with van der Waals surface area (Å²) in [6.07, 6.45) is 0.116. The molecule has 0 aromatic heterocycles. The topological polar surface area (TPSA) is 68.0 Å². The Bertz CT molecular complexity index is 398. The zero-order valence-corrected chi connectivity index (χ0v) is 10.6. The molecule has 0 aliphatic carbocycles. The Kier molecular flexibility index (Phi) is 4.41. The predicted molar refractivity (Wildman–Crippen MR) is 68.7 cm³/mol. The monoisotopic (exact) mass is 252 g/mol. The van der Waals surface area contributed by atoms with Gasteiger partial charge in [-0.1, -0.05) is 6.07 Å². The number of rotatable bonds is 4. The second-order valence-electron chi connectivity index (χ2n) is 4.47. The van der Waals surface area contributed by atoms with Gasteiger partial charge in [-0.15, -0.1) is 0 Å². The lowest BCUT2D eigenvalue weighted by molar-refractivity contribution is -0.0260. The van der Waals surface area contributed by atoms with Crippen LogP contribution in [0.25, 0.3) is 0 Å². The lowest BCUT2D eigenvalue weighted by Crippen LogP contribution is -2.45. The van der Waals surface area contributed by atoms with Crippen LogP contribution in [0.2, 0.25) is 0 Å². The number of aromatic hydroxyl groups is 1. The quantitative estimate of drug-likeness (QED) is 0.819. The summed E-state index contributed by atoms with van der Waals surface area (Å²) in [7, 11) is 1.54. The summed E-state index contributed by atoms with van der Waals surface area (Å²) in [6, 6.07) is 5.49. The first-order valence-electron chi connectivity index (χ1n) is 6.13. The van der Waals surface area contributed by atoms with Crippen molar-refractivity contribution in [1.82, 2.24) is 4.90 Å². The Hall–Kier alpha value is -1.30. The lowest BCUT2D eigenvalue weighted by Gasteiger charge is -2.32. The van der Waals surface area contributed by atoms with Crippen molar-refractivity contribution in [3.63, 3.8) is 0 Å². The lowest BCUT2D eigenvalue weighted by atomic mass is 10.1. The van der Waals surface area contributed by atoms with Gasteiger partial charge in [-0.05, 0) is 17.7 Å². The van der Waals surface area contributed by atoms with Crippen LogP contribution < -0.4 is 10.5 Å². The number of morpholine rings is 1. The highest BCUT2D eigenvalue weighted by atomic mass is 16.5. The number of phenolic OH excluding ortho intramolecular Hbond substituents is 1. The molecule has 5 nitrogen and oxygen atoms in total. The standard InChI is InChI=1S/C13H20N2O3/c1-17-13-3-2-10(6-12(13)16)8-15-4-5-18-11(7-14)9-15/h2-3,6,11,16H,4-5,7-9,14H2,1H3. The number of hydrogen-bond acceptors (Lipinski definition) is 5. The van der Waals surface area contributed by atoms with Crippen molar-refractivity contribution in [1.29, 1.82) is 0 Å². The third-order valence-electron chi connectivity index (χ3n) is 3.14. The molecule has 1 aliphatic heterocycles. The van der Waals surface area contributed by atoms with E-state index in [-0.39, 0.29) is 11.9 Å². The number of benzene rings is 1. The van der Waals surface area contributed by atoms with Crippen LogP contribution in [-0.4, -0.2) is 49.5 Å². The number of hydrogen-bond donors (Lipinski definition) is 2. The zero-order chi connectivity index (χ0) is 13.0. The number of nitrogens with two attached hydrogens (primary N) is 1. The first-order chi connectivity index (χ1) is 8.72. The van der Waals surface area contributed by atoms with Crippen molar-refractivity contribution in [2.24, 2.45) is 5.73 Å². The van der Waals surface area contributed by atoms with E-state index < -0.39 is 0 Å². The average Bonchev–Trinajstić information content (AvgIpc) is 2.39. The molecule has 1 aromatic rings. The van der Waals surface area contributed by atoms with Gasteiger partial charge in [0.2, 0.25) is 0 Å². The Morgan fingerprint density at radius 3 is 3.06 bits per heavy atom. The van der Waals surface area contributed by atoms with Crippen molar-refractivity contribution in [3.05, 3.63) is 23.8 Å². The van der Waals surface area contributed by atoms with Gasteiger partial charge in [-0.3, -0.25) is 4.90 Å². The second-order valence-corrected chi connectivity index (χ2v) is 4.47. The third-order valence-corrected chi connectivity index (χ3v) is 3.14. The van der Waals surface area contributed by atoms with Crippen LogP contribution in [-0.2, 0) is 11.3 Å². The number of nitrogens with zero attached hydrogens (tertiary/aromatic N) is 1. The van der Waals surface area contributed by atoms with Gasteiger partial charge in [-0.2, -0.15) is 0 Å². The maximum Gasteiger partial charge on any atom is 0.160 e. The largest absolute Gasteiger partial charge is 0.504 e. The van der Waals surface area contributed by atoms with Crippen LogP contribution in [0.3, 0.4) is 0 Å². The van der Waals surface area contributed by atoms with Gasteiger partial charge < -0.3 is 20.3 Å². The molecule has 18 heavy (non-hydrogen) atoms. The molecular formula is C13H20N2O3. The molecule has 0 bridgehead atoms. The molecule has 1 heterocycles. The predicted octanol–water partition coefficient (Wildman–Crippen LogP) is 0.560. The van der Waals surface area contributed by atoms with Crippen LogP contribution in [0.15, 0.2) is 18.2 Å². The molecule has 0 spiro atoms. The van der Waals surface area contributed by atoms with Gasteiger partial charge in [0.25, 0.3) is 0 Å². The van der Waals surface area contributed by atoms with Crippen LogP contribution in [0.1, 0.15) is 5.56 Å². The number of methoxy groups -OCH3 is 1. The van der Waals surface area contributed by atoms with Gasteiger partial charge in [0.1, 0.15) is 0 Å². The average molecular weight is 252 g/mol. The summed E-state index contributed by atoms with van der Waals surface area (Å²) in [6.45, 7) is 3.78. The van der Waals surface area contributed by atoms with Crippen molar-refractivity contribution in [2.45, 2.75) is 12.6 Å². The Balaban J connectivity index is 1.98. The van der Waals surface area contributed by atoms with Crippen LogP contribution in [0.5, 0.6) is 11.5 Å². The summed E-state index contributed by atoms with van der Waals surface area (Å²) in [5.41, 5.74) is 6.67. The zero-order valence-electron chi connectivity index (χ0n) is 10.6. The van der Waals surface area contributed by atoms with Crippen LogP contribution in [0, 0.1) is 0 Å². The second kappa shape index (κ2) is 6.04. The first kappa shape index (κ1) is 13.1. The summed E-state index contributed by atoms with van der Waals surface area (Å²) in [5.74, 6) is 0.680. The first-order valence-corrected chi connectivity index (χ1v) is 6.13. The van der Waals surface area contributed by atoms with Crippen molar-refractivity contribution in [2.75, 3.05) is 33.4 Å². The Labute approximate surface area is 107 Å². The van der Waals surface area contributed by atoms with Crippen molar-refractivity contribution >= 4 is 0 Å². The summed E-state index contributed by atoms with van der Waals surface area (Å²) < 4.78 is 10.5. The molecule has 1 aromatic carbocycles. The third kappa shape index (κ3) is 3.13. The van der Waals surface area contributed by atoms with E-state index in [9.17, 15) is 5.11 Å². The van der Waals surface area contributed by atoms with Crippen molar-refractivity contribution in [3.8, 4) is 11.5 Å². The van der Waals surface area contributed by atoms with Crippen LogP contribution in [0.4, 0.5) is 0 Å². The van der Waals surface area contributed by atoms with E-state index >= 15 is 0 Å². The molecule has 2 rings (SSSR count). The van der Waals surface area contributed by atoms with E-state index in [1.165, 1.54) is 0 Å². The molecule has 1 fully saturated rings. The molecule has 1 unspecified atom stereocenters. The van der Waals surface area contributed by atoms with Crippen molar-refractivity contribution < 1.29 is 14.6 Å². The summed E-state index contributed by atoms with van der Waals surface area (Å²) >= 11 is 0. The smallest absolute Gasteiger partial charge is 0.160 e. The molecule has 1 aliphatic rings. The van der Waals surface area contributed by atoms with E-state index in [1.54, 1.807) is 19.2 Å². The summed E-state index contributed by atoms with van der Waals surface area (Å²) in [5, 5.41) is 9.73. The highest BCUT2D eigenvalue weighted by molar-refractivity contribution is 5.41. The van der Waals surface area contributed by atoms with Gasteiger partial charge in [0.15, 0.2) is 11.5 Å². The molecule has 0 saturated carbocycles. The molecule has 3 N–H and O–H groups in total. The minimum atomic E-state index is 0.116. The van der Waals surface area contributed by atoms with Gasteiger partial charge in [0.05, 0.1) is 19.8 Å². The Morgan fingerprint density at radius 2 is 2.39 bits per heavy atom. The fourth-order valence-electron chi connectivity index (χ4n) is 2.16. The Morgan fingerprint density at radius 1 is 1.56 bits per heavy atom. The van der Waals surface area contributed by atoms with E-state index in [2.05, 4.69) is 4.90 Å². The molecule has 5 heteroatoms. The van der Waals surface area contributed by atoms with Crippen LogP contribution >= 0.6 is 0 Å². The normalized spacial score (nSPS) is 20.9. The molecule has 1 saturated heterocycles. The minimum Gasteiger partial charge on any atom is -0.504 e. The van der Waals surface area contributed by atoms with Gasteiger partial charge in [-0.25, -0.2) is 0 Å². The van der Waals surface area contributed by atoms with Gasteiger partial charge in [0, 0.05) is 26.2 Å². The fourth-order valence-corrected chi connectivity index (χ4v) is 2.16. The highest BCUT2D eigenvalue weighted by Gasteiger charge is 2.19. The minimum absolute atomic E-state index is 0.116. The van der Waals surface area contributed by atoms with E-state index in [0.29, 0.717) is 18.9 Å². The van der Waals surface area contributed by atoms with E-state index in [1.807, 2.05) is 6.07 Å². The summed E-state index contributed by atoms with van der Waals surface area (Å²) in [4.78, 5) is 2.28. The number of phenols is 1. The SMILES string of the molecule is COc1ccc(CN2CCOC(CN)C2)cc1O. The maximum absolute atomic E-state index is 9.73. The fraction of sp³-hybridized carbons (Fsp3) is 0.538. The maximum atomic E-state index is 9.73. The van der Waals surface area contributed by atoms with E-state index in [4.69, 9.17) is 15.2 Å². The van der Waals surface area contributed by atoms with Gasteiger partial charge >= 0.3 is 0 Å². The van der Waals surface area contributed by atoms with E-state index in [0.717, 1.165) is 25.2 Å². The number of ether oxygens (including phenoxy) is 2. The molecular weight excluding hydrogens is 232 g/mol.